The number of hydrogen-bond acceptors (Lipinski definition) is 2. The van der Waals surface area contributed by atoms with Crippen LogP contribution in [0.15, 0.2) is 48.5 Å². The molecule has 2 rings (SSSR count). The van der Waals surface area contributed by atoms with Crippen molar-refractivity contribution in [2.24, 2.45) is 5.73 Å². The SMILES string of the molecule is NC(=O)[C@@H](Cc1ccc(Cl)cc1)NC(=O)c1ccccc1C(F)(F)F. The third-order valence-corrected chi connectivity index (χ3v) is 3.73. The van der Waals surface area contributed by atoms with Crippen LogP contribution in [0.2, 0.25) is 5.02 Å². The van der Waals surface area contributed by atoms with Gasteiger partial charge in [-0.2, -0.15) is 13.2 Å². The van der Waals surface area contributed by atoms with E-state index < -0.39 is 35.2 Å². The Balaban J connectivity index is 2.21. The Bertz CT molecular complexity index is 776. The Morgan fingerprint density at radius 1 is 1.08 bits per heavy atom. The quantitative estimate of drug-likeness (QED) is 0.848. The summed E-state index contributed by atoms with van der Waals surface area (Å²) in [4.78, 5) is 23.8. The summed E-state index contributed by atoms with van der Waals surface area (Å²) in [6, 6.07) is 9.62. The van der Waals surface area contributed by atoms with Crippen LogP contribution in [0.5, 0.6) is 0 Å². The Kier molecular flexibility index (Phi) is 5.69. The minimum Gasteiger partial charge on any atom is -0.368 e. The van der Waals surface area contributed by atoms with Crippen LogP contribution in [0, 0.1) is 0 Å². The lowest BCUT2D eigenvalue weighted by molar-refractivity contribution is -0.137. The van der Waals surface area contributed by atoms with Gasteiger partial charge in [0.25, 0.3) is 5.91 Å². The van der Waals surface area contributed by atoms with Crippen LogP contribution >= 0.6 is 11.6 Å². The predicted molar refractivity (Wildman–Crippen MR) is 87.0 cm³/mol. The van der Waals surface area contributed by atoms with Gasteiger partial charge in [0.2, 0.25) is 5.91 Å². The van der Waals surface area contributed by atoms with Gasteiger partial charge in [0.1, 0.15) is 6.04 Å². The number of rotatable bonds is 5. The number of benzene rings is 2. The monoisotopic (exact) mass is 370 g/mol. The molecule has 0 spiro atoms. The van der Waals surface area contributed by atoms with E-state index in [1.165, 1.54) is 12.1 Å². The molecule has 0 bridgehead atoms. The van der Waals surface area contributed by atoms with Crippen molar-refractivity contribution in [3.05, 3.63) is 70.2 Å². The van der Waals surface area contributed by atoms with E-state index in [1.807, 2.05) is 0 Å². The van der Waals surface area contributed by atoms with Crippen molar-refractivity contribution >= 4 is 23.4 Å². The summed E-state index contributed by atoms with van der Waals surface area (Å²) < 4.78 is 39.0. The van der Waals surface area contributed by atoms with Gasteiger partial charge in [-0.25, -0.2) is 0 Å². The molecule has 3 N–H and O–H groups in total. The molecule has 1 atom stereocenters. The van der Waals surface area contributed by atoms with E-state index in [0.29, 0.717) is 10.6 Å². The first-order valence-corrected chi connectivity index (χ1v) is 7.57. The second-order valence-electron chi connectivity index (χ2n) is 5.30. The number of alkyl halides is 3. The zero-order chi connectivity index (χ0) is 18.6. The van der Waals surface area contributed by atoms with E-state index in [0.717, 1.165) is 12.1 Å². The van der Waals surface area contributed by atoms with Gasteiger partial charge in [-0.3, -0.25) is 9.59 Å². The molecule has 2 aromatic carbocycles. The fourth-order valence-electron chi connectivity index (χ4n) is 2.24. The van der Waals surface area contributed by atoms with Crippen molar-refractivity contribution in [1.29, 1.82) is 0 Å². The molecule has 2 aromatic rings. The summed E-state index contributed by atoms with van der Waals surface area (Å²) >= 11 is 5.77. The summed E-state index contributed by atoms with van der Waals surface area (Å²) in [5, 5.41) is 2.75. The predicted octanol–water partition coefficient (Wildman–Crippen LogP) is 3.19. The van der Waals surface area contributed by atoms with E-state index in [1.54, 1.807) is 24.3 Å². The first kappa shape index (κ1) is 18.8. The van der Waals surface area contributed by atoms with Gasteiger partial charge >= 0.3 is 6.18 Å². The van der Waals surface area contributed by atoms with Gasteiger partial charge in [-0.05, 0) is 29.8 Å². The average Bonchev–Trinajstić information content (AvgIpc) is 2.55. The maximum atomic E-state index is 13.0. The molecule has 0 saturated carbocycles. The molecule has 0 aliphatic heterocycles. The Morgan fingerprint density at radius 3 is 2.24 bits per heavy atom. The third-order valence-electron chi connectivity index (χ3n) is 3.48. The van der Waals surface area contributed by atoms with Crippen LogP contribution in [0.4, 0.5) is 13.2 Å². The number of carbonyl (C=O) groups is 2. The molecule has 0 radical (unpaired) electrons. The molecule has 0 fully saturated rings. The Hall–Kier alpha value is -2.54. The fraction of sp³-hybridized carbons (Fsp3) is 0.176. The van der Waals surface area contributed by atoms with Gasteiger partial charge in [0.05, 0.1) is 11.1 Å². The Morgan fingerprint density at radius 2 is 1.68 bits per heavy atom. The zero-order valence-corrected chi connectivity index (χ0v) is 13.6. The van der Waals surface area contributed by atoms with Crippen molar-refractivity contribution in [3.8, 4) is 0 Å². The summed E-state index contributed by atoms with van der Waals surface area (Å²) in [7, 11) is 0. The Labute approximate surface area is 146 Å². The van der Waals surface area contributed by atoms with Crippen molar-refractivity contribution in [3.63, 3.8) is 0 Å². The highest BCUT2D eigenvalue weighted by molar-refractivity contribution is 6.30. The van der Waals surface area contributed by atoms with E-state index >= 15 is 0 Å². The average molecular weight is 371 g/mol. The molecule has 2 amide bonds. The normalized spacial score (nSPS) is 12.5. The summed E-state index contributed by atoms with van der Waals surface area (Å²) in [5.41, 5.74) is 4.26. The highest BCUT2D eigenvalue weighted by Crippen LogP contribution is 2.31. The molecule has 0 unspecified atom stereocenters. The maximum Gasteiger partial charge on any atom is 0.417 e. The topological polar surface area (TPSA) is 72.2 Å². The lowest BCUT2D eigenvalue weighted by Gasteiger charge is -2.18. The van der Waals surface area contributed by atoms with Crippen LogP contribution in [0.3, 0.4) is 0 Å². The summed E-state index contributed by atoms with van der Waals surface area (Å²) in [6.07, 6.45) is -4.65. The number of nitrogens with two attached hydrogens (primary N) is 1. The molecule has 4 nitrogen and oxygen atoms in total. The van der Waals surface area contributed by atoms with Crippen LogP contribution < -0.4 is 11.1 Å². The zero-order valence-electron chi connectivity index (χ0n) is 12.8. The number of carbonyl (C=O) groups excluding carboxylic acids is 2. The number of primary amides is 1. The molecule has 0 saturated heterocycles. The molecule has 0 aliphatic rings. The summed E-state index contributed by atoms with van der Waals surface area (Å²) in [5.74, 6) is -1.88. The van der Waals surface area contributed by atoms with Gasteiger partial charge in [-0.15, -0.1) is 0 Å². The smallest absolute Gasteiger partial charge is 0.368 e. The first-order valence-electron chi connectivity index (χ1n) is 7.19. The second kappa shape index (κ2) is 7.57. The molecule has 132 valence electrons. The maximum absolute atomic E-state index is 13.0. The second-order valence-corrected chi connectivity index (χ2v) is 5.74. The number of halogens is 4. The van der Waals surface area contributed by atoms with E-state index in [-0.39, 0.29) is 6.42 Å². The van der Waals surface area contributed by atoms with E-state index in [9.17, 15) is 22.8 Å². The van der Waals surface area contributed by atoms with E-state index in [4.69, 9.17) is 17.3 Å². The number of hydrogen-bond donors (Lipinski definition) is 2. The van der Waals surface area contributed by atoms with Gasteiger partial charge in [0.15, 0.2) is 0 Å². The largest absolute Gasteiger partial charge is 0.417 e. The standard InChI is InChI=1S/C17H14ClF3N2O2/c18-11-7-5-10(6-8-11)9-14(15(22)24)23-16(25)12-3-1-2-4-13(12)17(19,20)21/h1-8,14H,9H2,(H2,22,24)(H,23,25)/t14-/m1/s1. The van der Waals surface area contributed by atoms with Crippen molar-refractivity contribution < 1.29 is 22.8 Å². The van der Waals surface area contributed by atoms with Crippen LogP contribution in [0.1, 0.15) is 21.5 Å². The lowest BCUT2D eigenvalue weighted by atomic mass is 10.0. The number of nitrogens with one attached hydrogen (secondary N) is 1. The molecule has 25 heavy (non-hydrogen) atoms. The van der Waals surface area contributed by atoms with Crippen molar-refractivity contribution in [2.45, 2.75) is 18.6 Å². The van der Waals surface area contributed by atoms with Crippen LogP contribution in [-0.4, -0.2) is 17.9 Å². The highest BCUT2D eigenvalue weighted by Gasteiger charge is 2.35. The lowest BCUT2D eigenvalue weighted by Crippen LogP contribution is -2.46. The van der Waals surface area contributed by atoms with Crippen molar-refractivity contribution in [1.82, 2.24) is 5.32 Å². The number of amides is 2. The third kappa shape index (κ3) is 4.96. The van der Waals surface area contributed by atoms with E-state index in [2.05, 4.69) is 5.32 Å². The van der Waals surface area contributed by atoms with Crippen LogP contribution in [0.25, 0.3) is 0 Å². The van der Waals surface area contributed by atoms with Gasteiger partial charge in [0, 0.05) is 11.4 Å². The molecule has 8 heteroatoms. The highest BCUT2D eigenvalue weighted by atomic mass is 35.5. The fourth-order valence-corrected chi connectivity index (χ4v) is 2.37. The van der Waals surface area contributed by atoms with Gasteiger partial charge < -0.3 is 11.1 Å². The molecular formula is C17H14ClF3N2O2. The minimum absolute atomic E-state index is 0.0342. The first-order chi connectivity index (χ1) is 11.7. The van der Waals surface area contributed by atoms with Gasteiger partial charge in [-0.1, -0.05) is 35.9 Å². The minimum atomic E-state index is -4.69. The van der Waals surface area contributed by atoms with Crippen LogP contribution in [-0.2, 0) is 17.4 Å². The molecule has 0 aliphatic carbocycles. The molecular weight excluding hydrogens is 357 g/mol. The molecule has 0 heterocycles. The van der Waals surface area contributed by atoms with Crippen molar-refractivity contribution in [2.75, 3.05) is 0 Å². The summed E-state index contributed by atoms with van der Waals surface area (Å²) in [6.45, 7) is 0. The molecule has 0 aromatic heterocycles.